The Labute approximate surface area is 251 Å². The summed E-state index contributed by atoms with van der Waals surface area (Å²) in [6, 6.07) is 13.2. The van der Waals surface area contributed by atoms with E-state index in [1.807, 2.05) is 12.1 Å². The van der Waals surface area contributed by atoms with Gasteiger partial charge in [0.25, 0.3) is 5.91 Å². The summed E-state index contributed by atoms with van der Waals surface area (Å²) in [7, 11) is -3.39. The summed E-state index contributed by atoms with van der Waals surface area (Å²) in [5.41, 5.74) is 1.48. The first-order chi connectivity index (χ1) is 20.2. The summed E-state index contributed by atoms with van der Waals surface area (Å²) >= 11 is 6.00. The number of sulfone groups is 1. The number of ketones is 1. The van der Waals surface area contributed by atoms with Crippen LogP contribution >= 0.6 is 11.6 Å². The van der Waals surface area contributed by atoms with Gasteiger partial charge in [-0.05, 0) is 54.7 Å². The lowest BCUT2D eigenvalue weighted by molar-refractivity contribution is -0.154. The number of benzene rings is 2. The quantitative estimate of drug-likeness (QED) is 0.247. The number of halogens is 4. The normalized spacial score (nSPS) is 14.2. The summed E-state index contributed by atoms with van der Waals surface area (Å²) in [6.07, 6.45) is -1.62. The number of aromatic nitrogens is 3. The Balaban J connectivity index is 1.41. The molecule has 2 N–H and O–H groups in total. The molecule has 1 aromatic heterocycles. The van der Waals surface area contributed by atoms with Gasteiger partial charge in [-0.15, -0.1) is 0 Å². The molecule has 0 unspecified atom stereocenters. The fraction of sp³-hybridized carbons (Fsp3) is 0.393. The van der Waals surface area contributed by atoms with Crippen LogP contribution in [0.1, 0.15) is 53.0 Å². The highest BCUT2D eigenvalue weighted by molar-refractivity contribution is 7.91. The van der Waals surface area contributed by atoms with Gasteiger partial charge in [-0.3, -0.25) is 9.59 Å². The van der Waals surface area contributed by atoms with E-state index in [2.05, 4.69) is 25.6 Å². The molecule has 15 heteroatoms. The van der Waals surface area contributed by atoms with Crippen LogP contribution in [-0.4, -0.2) is 66.4 Å². The van der Waals surface area contributed by atoms with E-state index in [1.165, 1.54) is 0 Å². The molecule has 3 aromatic rings. The minimum Gasteiger partial charge on any atom is -0.454 e. The molecular formula is C28H29ClF3N5O5S. The highest BCUT2D eigenvalue weighted by Gasteiger charge is 2.45. The number of carbonyl (C=O) groups is 2. The predicted octanol–water partition coefficient (Wildman–Crippen LogP) is 4.28. The van der Waals surface area contributed by atoms with Crippen molar-refractivity contribution in [2.75, 3.05) is 30.5 Å². The topological polar surface area (TPSA) is 140 Å². The van der Waals surface area contributed by atoms with Crippen LogP contribution < -0.4 is 15.4 Å². The van der Waals surface area contributed by atoms with E-state index in [0.717, 1.165) is 24.7 Å². The van der Waals surface area contributed by atoms with E-state index in [9.17, 15) is 31.2 Å². The van der Waals surface area contributed by atoms with Crippen molar-refractivity contribution in [3.63, 3.8) is 0 Å². The Morgan fingerprint density at radius 3 is 2.30 bits per heavy atom. The minimum atomic E-state index is -4.58. The summed E-state index contributed by atoms with van der Waals surface area (Å²) < 4.78 is 65.7. The van der Waals surface area contributed by atoms with Crippen molar-refractivity contribution in [3.05, 3.63) is 76.1 Å². The van der Waals surface area contributed by atoms with E-state index in [1.54, 1.807) is 36.4 Å². The highest BCUT2D eigenvalue weighted by atomic mass is 35.5. The molecule has 0 atom stereocenters. The van der Waals surface area contributed by atoms with Crippen LogP contribution in [0.5, 0.6) is 6.01 Å². The predicted molar refractivity (Wildman–Crippen MR) is 153 cm³/mol. The minimum absolute atomic E-state index is 0.0323. The number of hydrogen-bond acceptors (Lipinski definition) is 9. The Morgan fingerprint density at radius 1 is 1.02 bits per heavy atom. The molecule has 1 saturated carbocycles. The van der Waals surface area contributed by atoms with E-state index >= 15 is 0 Å². The fourth-order valence-corrected chi connectivity index (χ4v) is 5.10. The van der Waals surface area contributed by atoms with E-state index in [0.29, 0.717) is 22.6 Å². The molecule has 1 aliphatic carbocycles. The number of carbonyl (C=O) groups excluding carboxylic acids is 2. The number of hydrogen-bond donors (Lipinski definition) is 2. The summed E-state index contributed by atoms with van der Waals surface area (Å²) in [4.78, 5) is 36.7. The molecule has 0 radical (unpaired) electrons. The van der Waals surface area contributed by atoms with Gasteiger partial charge >= 0.3 is 12.2 Å². The average Bonchev–Trinajstić information content (AvgIpc) is 3.69. The van der Waals surface area contributed by atoms with Crippen molar-refractivity contribution in [1.82, 2.24) is 20.3 Å². The van der Waals surface area contributed by atoms with Crippen LogP contribution in [-0.2, 0) is 26.6 Å². The van der Waals surface area contributed by atoms with Crippen LogP contribution in [0.4, 0.5) is 19.1 Å². The molecule has 0 bridgehead atoms. The number of amides is 1. The maximum Gasteiger partial charge on any atom is 0.422 e. The second-order valence-electron chi connectivity index (χ2n) is 10.3. The van der Waals surface area contributed by atoms with Gasteiger partial charge in [-0.1, -0.05) is 35.9 Å². The van der Waals surface area contributed by atoms with Crippen molar-refractivity contribution in [3.8, 4) is 6.01 Å². The highest BCUT2D eigenvalue weighted by Crippen LogP contribution is 2.48. The Hall–Kier alpha value is -3.78. The number of alkyl halides is 3. The Bertz CT molecular complexity index is 1570. The van der Waals surface area contributed by atoms with Gasteiger partial charge in [-0.2, -0.15) is 28.1 Å². The smallest absolute Gasteiger partial charge is 0.422 e. The Morgan fingerprint density at radius 2 is 1.70 bits per heavy atom. The van der Waals surface area contributed by atoms with Crippen LogP contribution in [0.25, 0.3) is 0 Å². The van der Waals surface area contributed by atoms with Gasteiger partial charge < -0.3 is 15.4 Å². The molecule has 2 aromatic carbocycles. The molecule has 1 amide bonds. The van der Waals surface area contributed by atoms with Crippen molar-refractivity contribution in [1.29, 1.82) is 0 Å². The van der Waals surface area contributed by atoms with Crippen molar-refractivity contribution in [2.45, 2.75) is 43.8 Å². The average molecular weight is 640 g/mol. The molecule has 43 heavy (non-hydrogen) atoms. The third kappa shape index (κ3) is 10.2. The van der Waals surface area contributed by atoms with Gasteiger partial charge in [0.2, 0.25) is 5.95 Å². The van der Waals surface area contributed by atoms with Crippen LogP contribution in [0, 0.1) is 0 Å². The largest absolute Gasteiger partial charge is 0.454 e. The molecule has 230 valence electrons. The van der Waals surface area contributed by atoms with Crippen molar-refractivity contribution < 1.29 is 35.9 Å². The third-order valence-electron chi connectivity index (χ3n) is 6.44. The lowest BCUT2D eigenvalue weighted by atomic mass is 10.1. The molecule has 10 nitrogen and oxygen atoms in total. The summed E-state index contributed by atoms with van der Waals surface area (Å²) in [6.45, 7) is -1.37. The lowest BCUT2D eigenvalue weighted by Gasteiger charge is -2.19. The zero-order valence-corrected chi connectivity index (χ0v) is 24.7. The van der Waals surface area contributed by atoms with E-state index in [4.69, 9.17) is 16.3 Å². The van der Waals surface area contributed by atoms with E-state index in [-0.39, 0.29) is 37.1 Å². The zero-order valence-electron chi connectivity index (χ0n) is 23.1. The molecule has 0 spiro atoms. The molecule has 1 heterocycles. The number of anilines is 1. The molecule has 0 aliphatic heterocycles. The summed E-state index contributed by atoms with van der Waals surface area (Å²) in [5, 5.41) is 6.47. The second kappa shape index (κ2) is 13.2. The maximum atomic E-state index is 12.8. The molecule has 1 fully saturated rings. The number of rotatable bonds is 14. The first kappa shape index (κ1) is 32.1. The SMILES string of the molecule is CS(=O)(=O)CC(=O)CCCNC(=O)c1ccc(Cc2nc(NC3(c4ccc(Cl)cc4)CC3)nc(OCC(F)(F)F)n2)cc1. The molecule has 0 saturated heterocycles. The lowest BCUT2D eigenvalue weighted by Crippen LogP contribution is -2.25. The van der Waals surface area contributed by atoms with Crippen molar-refractivity contribution in [2.24, 2.45) is 0 Å². The van der Waals surface area contributed by atoms with Gasteiger partial charge in [0.15, 0.2) is 16.4 Å². The summed E-state index contributed by atoms with van der Waals surface area (Å²) in [5.74, 6) is -1.09. The number of nitrogens with zero attached hydrogens (tertiary/aromatic N) is 3. The van der Waals surface area contributed by atoms with Crippen LogP contribution in [0.2, 0.25) is 5.02 Å². The molecule has 4 rings (SSSR count). The Kier molecular flexibility index (Phi) is 9.90. The van der Waals surface area contributed by atoms with Crippen LogP contribution in [0.15, 0.2) is 48.5 Å². The maximum absolute atomic E-state index is 12.8. The van der Waals surface area contributed by atoms with Gasteiger partial charge in [-0.25, -0.2) is 8.42 Å². The monoisotopic (exact) mass is 639 g/mol. The van der Waals surface area contributed by atoms with Crippen molar-refractivity contribution >= 4 is 39.1 Å². The molecule has 1 aliphatic rings. The van der Waals surface area contributed by atoms with Gasteiger partial charge in [0.05, 0.1) is 5.54 Å². The third-order valence-corrected chi connectivity index (χ3v) is 7.54. The van der Waals surface area contributed by atoms with E-state index < -0.39 is 45.7 Å². The van der Waals surface area contributed by atoms with Gasteiger partial charge in [0, 0.05) is 36.2 Å². The molecular weight excluding hydrogens is 611 g/mol. The number of Topliss-reactive ketones (excluding diaryl/α,β-unsaturated/α-hetero) is 1. The fourth-order valence-electron chi connectivity index (χ4n) is 4.25. The van der Waals surface area contributed by atoms with Gasteiger partial charge in [0.1, 0.15) is 17.4 Å². The first-order valence-corrected chi connectivity index (χ1v) is 15.7. The van der Waals surface area contributed by atoms with Crippen LogP contribution in [0.3, 0.4) is 0 Å². The second-order valence-corrected chi connectivity index (χ2v) is 12.9. The number of nitrogens with one attached hydrogen (secondary N) is 2. The zero-order chi connectivity index (χ0) is 31.3. The number of ether oxygens (including phenoxy) is 1. The standard InChI is InChI=1S/C28H29ClF3N5O5S/c1-43(40,41)16-22(38)3-2-14-33-24(39)19-6-4-18(5-7-19)15-23-34-25(36-26(35-23)42-17-28(30,31)32)37-27(12-13-27)20-8-10-21(29)11-9-20/h4-11H,2-3,12-17H2,1H3,(H,33,39)(H,34,35,36,37). The first-order valence-electron chi connectivity index (χ1n) is 13.3.